The van der Waals surface area contributed by atoms with Crippen molar-refractivity contribution in [3.8, 4) is 5.88 Å². The van der Waals surface area contributed by atoms with E-state index < -0.39 is 10.0 Å². The minimum atomic E-state index is -3.59. The van der Waals surface area contributed by atoms with Crippen LogP contribution in [-0.2, 0) is 17.1 Å². The van der Waals surface area contributed by atoms with Crippen molar-refractivity contribution < 1.29 is 13.2 Å². The summed E-state index contributed by atoms with van der Waals surface area (Å²) in [4.78, 5) is 0.296. The van der Waals surface area contributed by atoms with Gasteiger partial charge in [0.1, 0.15) is 11.0 Å². The predicted octanol–water partition coefficient (Wildman–Crippen LogP) is 1.06. The number of nitrogens with zero attached hydrogens (tertiary/aromatic N) is 5. The van der Waals surface area contributed by atoms with Gasteiger partial charge in [0, 0.05) is 25.9 Å². The Hall–Kier alpha value is -2.00. The lowest BCUT2D eigenvalue weighted by atomic mass is 10.1. The van der Waals surface area contributed by atoms with Crippen molar-refractivity contribution in [2.45, 2.75) is 37.7 Å². The highest BCUT2D eigenvalue weighted by Crippen LogP contribution is 2.26. The maximum absolute atomic E-state index is 13.0. The van der Waals surface area contributed by atoms with Gasteiger partial charge < -0.3 is 4.74 Å². The average Bonchev–Trinajstić information content (AvgIpc) is 2.81. The SMILES string of the molecule is Cc1nn(C)c(C)c1S(=O)(=O)N1CCCC(Oc2cccnn2)C1. The molecule has 3 rings (SSSR count). The van der Waals surface area contributed by atoms with E-state index in [1.807, 2.05) is 0 Å². The highest BCUT2D eigenvalue weighted by Gasteiger charge is 2.34. The van der Waals surface area contributed by atoms with Gasteiger partial charge >= 0.3 is 0 Å². The number of hydrogen-bond donors (Lipinski definition) is 0. The second-order valence-corrected chi connectivity index (χ2v) is 7.81. The first-order chi connectivity index (χ1) is 11.4. The van der Waals surface area contributed by atoms with Crippen molar-refractivity contribution in [3.63, 3.8) is 0 Å². The van der Waals surface area contributed by atoms with Crippen LogP contribution in [0.5, 0.6) is 5.88 Å². The maximum Gasteiger partial charge on any atom is 0.246 e. The molecule has 1 aliphatic rings. The van der Waals surface area contributed by atoms with E-state index in [1.165, 1.54) is 4.31 Å². The van der Waals surface area contributed by atoms with E-state index in [9.17, 15) is 8.42 Å². The summed E-state index contributed by atoms with van der Waals surface area (Å²) >= 11 is 0. The van der Waals surface area contributed by atoms with Crippen molar-refractivity contribution in [1.82, 2.24) is 24.3 Å². The van der Waals surface area contributed by atoms with Gasteiger partial charge in [0.25, 0.3) is 0 Å². The van der Waals surface area contributed by atoms with Crippen LogP contribution in [0, 0.1) is 13.8 Å². The van der Waals surface area contributed by atoms with E-state index in [4.69, 9.17) is 4.74 Å². The number of piperidine rings is 1. The molecule has 3 heterocycles. The Morgan fingerprint density at radius 3 is 2.75 bits per heavy atom. The van der Waals surface area contributed by atoms with Crippen molar-refractivity contribution >= 4 is 10.0 Å². The molecule has 9 heteroatoms. The fraction of sp³-hybridized carbons (Fsp3) is 0.533. The standard InChI is InChI=1S/C15H21N5O3S/c1-11-15(12(2)19(3)18-11)24(21,22)20-9-5-6-13(10-20)23-14-7-4-8-16-17-14/h4,7-8,13H,5-6,9-10H2,1-3H3. The molecule has 1 unspecified atom stereocenters. The second-order valence-electron chi connectivity index (χ2n) is 5.93. The minimum Gasteiger partial charge on any atom is -0.472 e. The smallest absolute Gasteiger partial charge is 0.246 e. The normalized spacial score (nSPS) is 19.4. The van der Waals surface area contributed by atoms with Gasteiger partial charge in [-0.25, -0.2) is 8.42 Å². The van der Waals surface area contributed by atoms with Crippen LogP contribution in [0.15, 0.2) is 23.2 Å². The summed E-state index contributed by atoms with van der Waals surface area (Å²) in [5, 5.41) is 11.9. The Morgan fingerprint density at radius 1 is 1.33 bits per heavy atom. The predicted molar refractivity (Wildman–Crippen MR) is 87.1 cm³/mol. The molecule has 0 saturated carbocycles. The van der Waals surface area contributed by atoms with Gasteiger partial charge in [0.2, 0.25) is 15.9 Å². The van der Waals surface area contributed by atoms with Crippen LogP contribution in [-0.4, -0.2) is 51.9 Å². The molecule has 8 nitrogen and oxygen atoms in total. The molecular formula is C15H21N5O3S. The van der Waals surface area contributed by atoms with Crippen molar-refractivity contribution in [2.75, 3.05) is 13.1 Å². The van der Waals surface area contributed by atoms with Gasteiger partial charge in [-0.1, -0.05) is 0 Å². The third-order valence-electron chi connectivity index (χ3n) is 4.22. The summed E-state index contributed by atoms with van der Waals surface area (Å²) in [5.41, 5.74) is 1.16. The van der Waals surface area contributed by atoms with Crippen molar-refractivity contribution in [1.29, 1.82) is 0 Å². The third-order valence-corrected chi connectivity index (χ3v) is 6.33. The molecule has 1 saturated heterocycles. The van der Waals surface area contributed by atoms with Crippen LogP contribution < -0.4 is 4.74 Å². The molecule has 0 aliphatic carbocycles. The minimum absolute atomic E-state index is 0.234. The lowest BCUT2D eigenvalue weighted by Gasteiger charge is -2.31. The zero-order valence-electron chi connectivity index (χ0n) is 14.0. The molecule has 130 valence electrons. The van der Waals surface area contributed by atoms with E-state index in [2.05, 4.69) is 15.3 Å². The zero-order chi connectivity index (χ0) is 17.3. The van der Waals surface area contributed by atoms with Crippen LogP contribution in [0.3, 0.4) is 0 Å². The second kappa shape index (κ2) is 6.48. The topological polar surface area (TPSA) is 90.2 Å². The molecule has 0 amide bonds. The van der Waals surface area contributed by atoms with E-state index >= 15 is 0 Å². The van der Waals surface area contributed by atoms with Gasteiger partial charge in [-0.3, -0.25) is 4.68 Å². The van der Waals surface area contributed by atoms with E-state index in [0.717, 1.165) is 12.8 Å². The molecule has 0 radical (unpaired) electrons. The summed E-state index contributed by atoms with van der Waals surface area (Å²) in [6.45, 7) is 4.27. The Morgan fingerprint density at radius 2 is 2.12 bits per heavy atom. The van der Waals surface area contributed by atoms with Crippen molar-refractivity contribution in [3.05, 3.63) is 29.7 Å². The Bertz CT molecular complexity index is 819. The molecule has 1 aliphatic heterocycles. The zero-order valence-corrected chi connectivity index (χ0v) is 14.8. The first kappa shape index (κ1) is 16.8. The van der Waals surface area contributed by atoms with Crippen LogP contribution in [0.2, 0.25) is 0 Å². The van der Waals surface area contributed by atoms with E-state index in [-0.39, 0.29) is 6.10 Å². The Balaban J connectivity index is 1.81. The molecule has 2 aromatic heterocycles. The first-order valence-corrected chi connectivity index (χ1v) is 9.28. The number of sulfonamides is 1. The van der Waals surface area contributed by atoms with Crippen LogP contribution in [0.4, 0.5) is 0 Å². The molecule has 0 spiro atoms. The Kier molecular flexibility index (Phi) is 4.55. The maximum atomic E-state index is 13.0. The largest absolute Gasteiger partial charge is 0.472 e. The number of ether oxygens (including phenoxy) is 1. The van der Waals surface area contributed by atoms with Gasteiger partial charge in [-0.05, 0) is 32.8 Å². The summed E-state index contributed by atoms with van der Waals surface area (Å²) < 4.78 is 34.9. The Labute approximate surface area is 141 Å². The van der Waals surface area contributed by atoms with E-state index in [1.54, 1.807) is 43.9 Å². The molecule has 1 atom stereocenters. The third kappa shape index (κ3) is 3.13. The van der Waals surface area contributed by atoms with Crippen LogP contribution in [0.1, 0.15) is 24.2 Å². The summed E-state index contributed by atoms with van der Waals surface area (Å²) in [7, 11) is -1.85. The fourth-order valence-electron chi connectivity index (χ4n) is 3.00. The molecule has 0 bridgehead atoms. The quantitative estimate of drug-likeness (QED) is 0.818. The van der Waals surface area contributed by atoms with Gasteiger partial charge in [-0.15, -0.1) is 5.10 Å². The number of hydrogen-bond acceptors (Lipinski definition) is 6. The van der Waals surface area contributed by atoms with E-state index in [0.29, 0.717) is 35.3 Å². The summed E-state index contributed by atoms with van der Waals surface area (Å²) in [5.74, 6) is 0.412. The number of aryl methyl sites for hydroxylation is 2. The molecule has 2 aromatic rings. The van der Waals surface area contributed by atoms with Gasteiger partial charge in [-0.2, -0.15) is 14.5 Å². The number of rotatable bonds is 4. The number of aromatic nitrogens is 4. The lowest BCUT2D eigenvalue weighted by Crippen LogP contribution is -2.44. The summed E-state index contributed by atoms with van der Waals surface area (Å²) in [6.07, 6.45) is 2.86. The molecular weight excluding hydrogens is 330 g/mol. The van der Waals surface area contributed by atoms with Gasteiger partial charge in [0.15, 0.2) is 0 Å². The van der Waals surface area contributed by atoms with Crippen molar-refractivity contribution in [2.24, 2.45) is 7.05 Å². The highest BCUT2D eigenvalue weighted by molar-refractivity contribution is 7.89. The fourth-order valence-corrected chi connectivity index (χ4v) is 4.91. The molecule has 24 heavy (non-hydrogen) atoms. The molecule has 0 aromatic carbocycles. The molecule has 0 N–H and O–H groups in total. The molecule has 1 fully saturated rings. The van der Waals surface area contributed by atoms with Gasteiger partial charge in [0.05, 0.1) is 17.9 Å². The van der Waals surface area contributed by atoms with Crippen LogP contribution in [0.25, 0.3) is 0 Å². The highest BCUT2D eigenvalue weighted by atomic mass is 32.2. The lowest BCUT2D eigenvalue weighted by molar-refractivity contribution is 0.123. The average molecular weight is 351 g/mol. The monoisotopic (exact) mass is 351 g/mol. The first-order valence-electron chi connectivity index (χ1n) is 7.84. The van der Waals surface area contributed by atoms with Crippen LogP contribution >= 0.6 is 0 Å². The summed E-state index contributed by atoms with van der Waals surface area (Å²) in [6, 6.07) is 3.46.